The highest BCUT2D eigenvalue weighted by atomic mass is 16.4. The Kier molecular flexibility index (Phi) is 5.56. The fourth-order valence-corrected chi connectivity index (χ4v) is 2.44. The predicted molar refractivity (Wildman–Crippen MR) is 86.0 cm³/mol. The van der Waals surface area contributed by atoms with E-state index in [-0.39, 0.29) is 17.6 Å². The van der Waals surface area contributed by atoms with Gasteiger partial charge in [0, 0.05) is 24.2 Å². The predicted octanol–water partition coefficient (Wildman–Crippen LogP) is 0.726. The Morgan fingerprint density at radius 2 is 1.78 bits per heavy atom. The van der Waals surface area contributed by atoms with E-state index in [0.717, 1.165) is 12.8 Å². The number of piperidine rings is 1. The number of hydrogen-bond acceptors (Lipinski definition) is 4. The number of nitrogens with zero attached hydrogens (tertiary/aromatic N) is 2. The Hall–Kier alpha value is -2.57. The summed E-state index contributed by atoms with van der Waals surface area (Å²) in [5, 5.41) is 14.2. The van der Waals surface area contributed by atoms with Crippen molar-refractivity contribution in [1.29, 1.82) is 0 Å². The first-order chi connectivity index (χ1) is 11.0. The average molecular weight is 317 g/mol. The van der Waals surface area contributed by atoms with E-state index in [1.54, 1.807) is 36.1 Å². The highest BCUT2D eigenvalue weighted by Gasteiger charge is 2.23. The second-order valence-electron chi connectivity index (χ2n) is 5.45. The first kappa shape index (κ1) is 16.8. The van der Waals surface area contributed by atoms with Crippen molar-refractivity contribution in [3.8, 4) is 0 Å². The molecule has 2 rings (SSSR count). The smallest absolute Gasteiger partial charge is 0.251 e. The largest absolute Gasteiger partial charge is 0.409 e. The first-order valence-corrected chi connectivity index (χ1v) is 7.52. The van der Waals surface area contributed by atoms with Gasteiger partial charge in [0.2, 0.25) is 5.91 Å². The lowest BCUT2D eigenvalue weighted by Gasteiger charge is -2.29. The Morgan fingerprint density at radius 3 is 2.35 bits per heavy atom. The van der Waals surface area contributed by atoms with Gasteiger partial charge in [-0.05, 0) is 38.3 Å². The number of benzene rings is 1. The van der Waals surface area contributed by atoms with Crippen molar-refractivity contribution in [2.45, 2.75) is 25.8 Å². The van der Waals surface area contributed by atoms with Gasteiger partial charge in [0.1, 0.15) is 6.04 Å². The van der Waals surface area contributed by atoms with Gasteiger partial charge in [-0.2, -0.15) is 0 Å². The van der Waals surface area contributed by atoms with Crippen LogP contribution in [-0.2, 0) is 4.79 Å². The SMILES string of the molecule is CC(NC(=O)c1ccc(/C(N)=N\O)cc1)C(=O)N1CC[CH]CC1. The summed E-state index contributed by atoms with van der Waals surface area (Å²) in [5.74, 6) is -0.428. The van der Waals surface area contributed by atoms with E-state index in [9.17, 15) is 9.59 Å². The van der Waals surface area contributed by atoms with Crippen molar-refractivity contribution in [3.63, 3.8) is 0 Å². The van der Waals surface area contributed by atoms with Gasteiger partial charge in [-0.3, -0.25) is 9.59 Å². The fourth-order valence-electron chi connectivity index (χ4n) is 2.44. The van der Waals surface area contributed by atoms with Crippen LogP contribution >= 0.6 is 0 Å². The molecule has 123 valence electrons. The molecule has 23 heavy (non-hydrogen) atoms. The van der Waals surface area contributed by atoms with Crippen LogP contribution in [-0.4, -0.2) is 46.9 Å². The van der Waals surface area contributed by atoms with E-state index in [4.69, 9.17) is 10.9 Å². The zero-order valence-electron chi connectivity index (χ0n) is 13.0. The van der Waals surface area contributed by atoms with Crippen LogP contribution in [0, 0.1) is 6.42 Å². The summed E-state index contributed by atoms with van der Waals surface area (Å²) in [4.78, 5) is 26.2. The quantitative estimate of drug-likeness (QED) is 0.329. The molecule has 1 aromatic rings. The average Bonchev–Trinajstić information content (AvgIpc) is 2.61. The number of carbonyl (C=O) groups excluding carboxylic acids is 2. The molecule has 2 amide bonds. The standard InChI is InChI=1S/C16H21N4O3/c1-11(16(22)20-9-3-2-4-10-20)18-15(21)13-7-5-12(6-8-13)14(17)19-23/h2,5-8,11,23H,3-4,9-10H2,1H3,(H2,17,19)(H,18,21). The van der Waals surface area contributed by atoms with Crippen LogP contribution in [0.3, 0.4) is 0 Å². The highest BCUT2D eigenvalue weighted by Crippen LogP contribution is 2.10. The van der Waals surface area contributed by atoms with E-state index in [1.807, 2.05) is 0 Å². The molecule has 7 nitrogen and oxygen atoms in total. The normalized spacial score (nSPS) is 16.7. The van der Waals surface area contributed by atoms with E-state index in [0.29, 0.717) is 24.2 Å². The van der Waals surface area contributed by atoms with Gasteiger partial charge in [-0.25, -0.2) is 0 Å². The molecule has 1 aliphatic rings. The molecule has 1 fully saturated rings. The summed E-state index contributed by atoms with van der Waals surface area (Å²) in [6.07, 6.45) is 3.94. The Balaban J connectivity index is 1.96. The molecular formula is C16H21N4O3. The molecule has 0 aliphatic carbocycles. The van der Waals surface area contributed by atoms with E-state index in [2.05, 4.69) is 16.9 Å². The maximum atomic E-state index is 12.3. The van der Waals surface area contributed by atoms with Crippen molar-refractivity contribution < 1.29 is 14.8 Å². The summed E-state index contributed by atoms with van der Waals surface area (Å²) >= 11 is 0. The lowest BCUT2D eigenvalue weighted by molar-refractivity contribution is -0.133. The molecule has 1 unspecified atom stereocenters. The van der Waals surface area contributed by atoms with Crippen LogP contribution in [0.5, 0.6) is 0 Å². The molecule has 1 atom stereocenters. The third-order valence-corrected chi connectivity index (χ3v) is 3.79. The van der Waals surface area contributed by atoms with Gasteiger partial charge in [0.15, 0.2) is 5.84 Å². The molecular weight excluding hydrogens is 296 g/mol. The van der Waals surface area contributed by atoms with Gasteiger partial charge in [-0.15, -0.1) is 0 Å². The number of hydrogen-bond donors (Lipinski definition) is 3. The molecule has 4 N–H and O–H groups in total. The van der Waals surface area contributed by atoms with Crippen LogP contribution in [0.15, 0.2) is 29.4 Å². The van der Waals surface area contributed by atoms with Gasteiger partial charge in [0.25, 0.3) is 5.91 Å². The Bertz CT molecular complexity index is 592. The summed E-state index contributed by atoms with van der Waals surface area (Å²) in [7, 11) is 0. The second kappa shape index (κ2) is 7.62. The Morgan fingerprint density at radius 1 is 1.22 bits per heavy atom. The number of oxime groups is 1. The van der Waals surface area contributed by atoms with Gasteiger partial charge >= 0.3 is 0 Å². The third-order valence-electron chi connectivity index (χ3n) is 3.79. The summed E-state index contributed by atoms with van der Waals surface area (Å²) in [5.41, 5.74) is 6.39. The summed E-state index contributed by atoms with van der Waals surface area (Å²) in [6.45, 7) is 3.09. The second-order valence-corrected chi connectivity index (χ2v) is 5.45. The molecule has 0 saturated carbocycles. The summed E-state index contributed by atoms with van der Waals surface area (Å²) in [6, 6.07) is 5.71. The Labute approximate surface area is 135 Å². The third kappa shape index (κ3) is 4.21. The van der Waals surface area contributed by atoms with Crippen LogP contribution in [0.25, 0.3) is 0 Å². The molecule has 1 saturated heterocycles. The molecule has 0 bridgehead atoms. The van der Waals surface area contributed by atoms with Crippen molar-refractivity contribution >= 4 is 17.6 Å². The molecule has 1 aromatic carbocycles. The van der Waals surface area contributed by atoms with Crippen molar-refractivity contribution in [2.75, 3.05) is 13.1 Å². The number of amidine groups is 1. The number of likely N-dealkylation sites (tertiary alicyclic amines) is 1. The van der Waals surface area contributed by atoms with Crippen LogP contribution in [0.1, 0.15) is 35.7 Å². The van der Waals surface area contributed by atoms with Crippen LogP contribution < -0.4 is 11.1 Å². The number of nitrogens with two attached hydrogens (primary N) is 1. The number of rotatable bonds is 4. The van der Waals surface area contributed by atoms with Crippen LogP contribution in [0.2, 0.25) is 0 Å². The monoisotopic (exact) mass is 317 g/mol. The maximum absolute atomic E-state index is 12.3. The minimum absolute atomic E-state index is 0.0255. The molecule has 0 spiro atoms. The lowest BCUT2D eigenvalue weighted by Crippen LogP contribution is -2.48. The first-order valence-electron chi connectivity index (χ1n) is 7.52. The molecule has 1 heterocycles. The minimum Gasteiger partial charge on any atom is -0.409 e. The van der Waals surface area contributed by atoms with Crippen molar-refractivity contribution in [2.24, 2.45) is 10.9 Å². The fraction of sp³-hybridized carbons (Fsp3) is 0.375. The zero-order valence-corrected chi connectivity index (χ0v) is 13.0. The molecule has 0 aromatic heterocycles. The van der Waals surface area contributed by atoms with Crippen LogP contribution in [0.4, 0.5) is 0 Å². The molecule has 7 heteroatoms. The topological polar surface area (TPSA) is 108 Å². The van der Waals surface area contributed by atoms with E-state index in [1.165, 1.54) is 0 Å². The summed E-state index contributed by atoms with van der Waals surface area (Å²) < 4.78 is 0. The van der Waals surface area contributed by atoms with E-state index >= 15 is 0 Å². The van der Waals surface area contributed by atoms with Gasteiger partial charge in [-0.1, -0.05) is 17.3 Å². The number of carbonyl (C=O) groups is 2. The van der Waals surface area contributed by atoms with Crippen molar-refractivity contribution in [3.05, 3.63) is 41.8 Å². The minimum atomic E-state index is -0.579. The van der Waals surface area contributed by atoms with Crippen molar-refractivity contribution in [1.82, 2.24) is 10.2 Å². The maximum Gasteiger partial charge on any atom is 0.251 e. The lowest BCUT2D eigenvalue weighted by atomic mass is 10.1. The molecule has 1 radical (unpaired) electrons. The van der Waals surface area contributed by atoms with Gasteiger partial charge < -0.3 is 21.2 Å². The van der Waals surface area contributed by atoms with Gasteiger partial charge in [0.05, 0.1) is 0 Å². The van der Waals surface area contributed by atoms with E-state index < -0.39 is 6.04 Å². The number of nitrogens with one attached hydrogen (secondary N) is 1. The highest BCUT2D eigenvalue weighted by molar-refractivity contribution is 6.00. The number of amides is 2. The zero-order chi connectivity index (χ0) is 16.8. The molecule has 1 aliphatic heterocycles.